The lowest BCUT2D eigenvalue weighted by molar-refractivity contribution is 0.408. The SMILES string of the molecule is COc1ccc(Oc2cc(N(C)C)ccc2N)nc1. The van der Waals surface area contributed by atoms with Crippen molar-refractivity contribution in [1.29, 1.82) is 0 Å². The van der Waals surface area contributed by atoms with Gasteiger partial charge in [-0.2, -0.15) is 0 Å². The van der Waals surface area contributed by atoms with Crippen molar-refractivity contribution >= 4 is 11.4 Å². The number of ether oxygens (including phenoxy) is 2. The van der Waals surface area contributed by atoms with Crippen molar-refractivity contribution in [3.63, 3.8) is 0 Å². The fraction of sp³-hybridized carbons (Fsp3) is 0.214. The molecule has 0 bridgehead atoms. The highest BCUT2D eigenvalue weighted by Gasteiger charge is 2.06. The Kier molecular flexibility index (Phi) is 3.75. The first-order valence-electron chi connectivity index (χ1n) is 5.85. The van der Waals surface area contributed by atoms with Crippen LogP contribution in [-0.2, 0) is 0 Å². The minimum Gasteiger partial charge on any atom is -0.495 e. The first-order valence-corrected chi connectivity index (χ1v) is 5.85. The van der Waals surface area contributed by atoms with Crippen LogP contribution < -0.4 is 20.1 Å². The number of pyridine rings is 1. The average molecular weight is 259 g/mol. The number of rotatable bonds is 4. The van der Waals surface area contributed by atoms with E-state index in [0.717, 1.165) is 5.69 Å². The van der Waals surface area contributed by atoms with E-state index in [2.05, 4.69) is 4.98 Å². The molecule has 0 spiro atoms. The standard InChI is InChI=1S/C14H17N3O2/c1-17(2)10-4-6-12(15)13(8-10)19-14-7-5-11(18-3)9-16-14/h4-9H,15H2,1-3H3. The van der Waals surface area contributed by atoms with Gasteiger partial charge in [0.1, 0.15) is 5.75 Å². The van der Waals surface area contributed by atoms with E-state index >= 15 is 0 Å². The molecule has 0 unspecified atom stereocenters. The van der Waals surface area contributed by atoms with Gasteiger partial charge in [0.25, 0.3) is 0 Å². The molecule has 1 aromatic carbocycles. The van der Waals surface area contributed by atoms with E-state index in [-0.39, 0.29) is 0 Å². The number of nitrogens with zero attached hydrogens (tertiary/aromatic N) is 2. The van der Waals surface area contributed by atoms with Crippen LogP contribution in [-0.4, -0.2) is 26.2 Å². The zero-order valence-electron chi connectivity index (χ0n) is 11.3. The molecular weight excluding hydrogens is 242 g/mol. The number of anilines is 2. The maximum absolute atomic E-state index is 5.90. The van der Waals surface area contributed by atoms with Gasteiger partial charge in [0.2, 0.25) is 5.88 Å². The number of methoxy groups -OCH3 is 1. The first kappa shape index (κ1) is 13.0. The molecule has 2 rings (SSSR count). The van der Waals surface area contributed by atoms with Gasteiger partial charge in [-0.05, 0) is 18.2 Å². The second-order valence-corrected chi connectivity index (χ2v) is 4.25. The molecule has 0 saturated heterocycles. The van der Waals surface area contributed by atoms with E-state index in [1.54, 1.807) is 25.4 Å². The van der Waals surface area contributed by atoms with Gasteiger partial charge < -0.3 is 20.1 Å². The monoisotopic (exact) mass is 259 g/mol. The molecule has 19 heavy (non-hydrogen) atoms. The third-order valence-electron chi connectivity index (χ3n) is 2.67. The van der Waals surface area contributed by atoms with Crippen molar-refractivity contribution in [2.45, 2.75) is 0 Å². The number of benzene rings is 1. The van der Waals surface area contributed by atoms with E-state index < -0.39 is 0 Å². The van der Waals surface area contributed by atoms with Crippen LogP contribution in [0.5, 0.6) is 17.4 Å². The molecule has 0 atom stereocenters. The van der Waals surface area contributed by atoms with Gasteiger partial charge in [0.15, 0.2) is 5.75 Å². The second kappa shape index (κ2) is 5.48. The average Bonchev–Trinajstić information content (AvgIpc) is 2.42. The molecule has 0 radical (unpaired) electrons. The van der Waals surface area contributed by atoms with Crippen molar-refractivity contribution < 1.29 is 9.47 Å². The predicted molar refractivity (Wildman–Crippen MR) is 76.0 cm³/mol. The van der Waals surface area contributed by atoms with Gasteiger partial charge in [-0.3, -0.25) is 0 Å². The lowest BCUT2D eigenvalue weighted by Gasteiger charge is -2.15. The van der Waals surface area contributed by atoms with Gasteiger partial charge in [-0.15, -0.1) is 0 Å². The van der Waals surface area contributed by atoms with Crippen molar-refractivity contribution in [2.24, 2.45) is 0 Å². The summed E-state index contributed by atoms with van der Waals surface area (Å²) in [6, 6.07) is 9.15. The Balaban J connectivity index is 2.23. The molecule has 100 valence electrons. The molecule has 1 aromatic heterocycles. The Bertz CT molecular complexity index is 553. The third kappa shape index (κ3) is 3.07. The lowest BCUT2D eigenvalue weighted by atomic mass is 10.2. The van der Waals surface area contributed by atoms with Gasteiger partial charge in [0.05, 0.1) is 19.0 Å². The fourth-order valence-corrected chi connectivity index (χ4v) is 1.55. The molecule has 0 saturated carbocycles. The zero-order valence-corrected chi connectivity index (χ0v) is 11.3. The summed E-state index contributed by atoms with van der Waals surface area (Å²) in [4.78, 5) is 6.12. The van der Waals surface area contributed by atoms with Crippen LogP contribution in [0.15, 0.2) is 36.5 Å². The van der Waals surface area contributed by atoms with Crippen molar-refractivity contribution in [3.05, 3.63) is 36.5 Å². The van der Waals surface area contributed by atoms with Crippen LogP contribution in [0.2, 0.25) is 0 Å². The maximum atomic E-state index is 5.90. The highest BCUT2D eigenvalue weighted by molar-refractivity contribution is 5.62. The number of aromatic nitrogens is 1. The number of hydrogen-bond acceptors (Lipinski definition) is 5. The van der Waals surface area contributed by atoms with Crippen molar-refractivity contribution in [2.75, 3.05) is 31.8 Å². The van der Waals surface area contributed by atoms with Crippen LogP contribution in [0.25, 0.3) is 0 Å². The molecule has 0 aliphatic heterocycles. The van der Waals surface area contributed by atoms with E-state index in [4.69, 9.17) is 15.2 Å². The molecule has 2 aromatic rings. The topological polar surface area (TPSA) is 60.6 Å². The van der Waals surface area contributed by atoms with E-state index in [1.807, 2.05) is 37.2 Å². The normalized spacial score (nSPS) is 10.1. The maximum Gasteiger partial charge on any atom is 0.219 e. The minimum absolute atomic E-state index is 0.475. The molecule has 5 heteroatoms. The van der Waals surface area contributed by atoms with E-state index in [0.29, 0.717) is 23.1 Å². The van der Waals surface area contributed by atoms with Gasteiger partial charge >= 0.3 is 0 Å². The summed E-state index contributed by atoms with van der Waals surface area (Å²) in [6.07, 6.45) is 1.60. The van der Waals surface area contributed by atoms with Crippen LogP contribution in [0.3, 0.4) is 0 Å². The minimum atomic E-state index is 0.475. The van der Waals surface area contributed by atoms with Gasteiger partial charge in [0, 0.05) is 31.9 Å². The summed E-state index contributed by atoms with van der Waals surface area (Å²) in [6.45, 7) is 0. The van der Waals surface area contributed by atoms with E-state index in [1.165, 1.54) is 0 Å². The highest BCUT2D eigenvalue weighted by atomic mass is 16.5. The van der Waals surface area contributed by atoms with Gasteiger partial charge in [-0.25, -0.2) is 4.98 Å². The van der Waals surface area contributed by atoms with Crippen molar-refractivity contribution in [1.82, 2.24) is 4.98 Å². The first-order chi connectivity index (χ1) is 9.10. The number of nitrogen functional groups attached to an aromatic ring is 1. The summed E-state index contributed by atoms with van der Waals surface area (Å²) < 4.78 is 10.7. The number of hydrogen-bond donors (Lipinski definition) is 1. The summed E-state index contributed by atoms with van der Waals surface area (Å²) >= 11 is 0. The summed E-state index contributed by atoms with van der Waals surface area (Å²) in [5.41, 5.74) is 7.48. The second-order valence-electron chi connectivity index (χ2n) is 4.25. The molecular formula is C14H17N3O2. The molecule has 2 N–H and O–H groups in total. The molecule has 0 amide bonds. The Morgan fingerprint density at radius 1 is 1.16 bits per heavy atom. The summed E-state index contributed by atoms with van der Waals surface area (Å²) in [7, 11) is 5.51. The Hall–Kier alpha value is -2.43. The highest BCUT2D eigenvalue weighted by Crippen LogP contribution is 2.30. The van der Waals surface area contributed by atoms with Crippen molar-refractivity contribution in [3.8, 4) is 17.4 Å². The summed E-state index contributed by atoms with van der Waals surface area (Å²) in [5.74, 6) is 1.75. The Labute approximate surface area is 112 Å². The fourth-order valence-electron chi connectivity index (χ4n) is 1.55. The molecule has 0 aliphatic rings. The Morgan fingerprint density at radius 3 is 2.53 bits per heavy atom. The number of nitrogens with two attached hydrogens (primary N) is 1. The van der Waals surface area contributed by atoms with E-state index in [9.17, 15) is 0 Å². The smallest absolute Gasteiger partial charge is 0.219 e. The van der Waals surface area contributed by atoms with Crippen LogP contribution in [0.4, 0.5) is 11.4 Å². The van der Waals surface area contributed by atoms with Crippen LogP contribution in [0, 0.1) is 0 Å². The van der Waals surface area contributed by atoms with Crippen LogP contribution >= 0.6 is 0 Å². The largest absolute Gasteiger partial charge is 0.495 e. The molecule has 5 nitrogen and oxygen atoms in total. The quantitative estimate of drug-likeness (QED) is 0.855. The third-order valence-corrected chi connectivity index (χ3v) is 2.67. The zero-order chi connectivity index (χ0) is 13.8. The lowest BCUT2D eigenvalue weighted by Crippen LogP contribution is -2.08. The van der Waals surface area contributed by atoms with Crippen LogP contribution in [0.1, 0.15) is 0 Å². The predicted octanol–water partition coefficient (Wildman–Crippen LogP) is 2.53. The molecule has 1 heterocycles. The molecule has 0 aliphatic carbocycles. The Morgan fingerprint density at radius 2 is 1.95 bits per heavy atom. The summed E-state index contributed by atoms with van der Waals surface area (Å²) in [5, 5.41) is 0. The van der Waals surface area contributed by atoms with Gasteiger partial charge in [-0.1, -0.05) is 0 Å². The molecule has 0 fully saturated rings.